The van der Waals surface area contributed by atoms with E-state index >= 15 is 0 Å². The van der Waals surface area contributed by atoms with Gasteiger partial charge in [-0.15, -0.1) is 0 Å². The number of carbonyl (C=O) groups is 2. The molecule has 2 N–H and O–H groups in total. The molecule has 7 heteroatoms. The van der Waals surface area contributed by atoms with E-state index in [1.165, 1.54) is 0 Å². The maximum atomic E-state index is 10.2. The fraction of sp³-hybridized carbons (Fsp3) is 0.333. The van der Waals surface area contributed by atoms with Gasteiger partial charge in [-0.25, -0.2) is 9.59 Å². The molecule has 0 aromatic rings. The van der Waals surface area contributed by atoms with Crippen LogP contribution in [0.4, 0.5) is 0 Å². The molecule has 0 rings (SSSR count). The van der Waals surface area contributed by atoms with Crippen molar-refractivity contribution in [3.63, 3.8) is 0 Å². The van der Waals surface area contributed by atoms with Crippen molar-refractivity contribution in [1.29, 1.82) is 0 Å². The summed E-state index contributed by atoms with van der Waals surface area (Å²) < 4.78 is 7.48. The van der Waals surface area contributed by atoms with Crippen LogP contribution in [-0.2, 0) is 19.0 Å². The molecule has 10 heavy (non-hydrogen) atoms. The third-order valence-electron chi connectivity index (χ3n) is 0.565. The van der Waals surface area contributed by atoms with Crippen molar-refractivity contribution < 1.29 is 29.0 Å². The first-order valence-corrected chi connectivity index (χ1v) is 2.23. The molecule has 0 saturated carbocycles. The maximum Gasteiger partial charge on any atom is 0.709 e. The van der Waals surface area contributed by atoms with Crippen LogP contribution in [0.2, 0.25) is 0 Å². The molecule has 0 atom stereocenters. The average molecular weight is 148 g/mol. The Labute approximate surface area is 56.5 Å². The van der Waals surface area contributed by atoms with Gasteiger partial charge in [0.1, 0.15) is 0 Å². The number of esters is 1. The smallest absolute Gasteiger partial charge is 0.476 e. The highest BCUT2D eigenvalue weighted by Crippen LogP contribution is 1.82. The third-order valence-corrected chi connectivity index (χ3v) is 0.565. The first kappa shape index (κ1) is 8.92. The minimum absolute atomic E-state index is 0.966. The van der Waals surface area contributed by atoms with E-state index in [1.54, 1.807) is 0 Å². The monoisotopic (exact) mass is 148 g/mol. The predicted octanol–water partition coefficient (Wildman–Crippen LogP) is -2.33. The Morgan fingerprint density at radius 3 is 2.10 bits per heavy atom. The molecule has 0 radical (unpaired) electrons. The van der Waals surface area contributed by atoms with Crippen molar-refractivity contribution in [3.05, 3.63) is 0 Å². The van der Waals surface area contributed by atoms with E-state index in [-0.39, 0.29) is 0 Å². The summed E-state index contributed by atoms with van der Waals surface area (Å²) in [6.45, 7) is 0. The third kappa shape index (κ3) is 3.05. The standard InChI is InChI=1S/C3H5BO6/c1-9-2(5)3(6)10-4(7)8/h7-8H,1H3. The van der Waals surface area contributed by atoms with Gasteiger partial charge in [0.25, 0.3) is 0 Å². The molecule has 0 aliphatic rings. The van der Waals surface area contributed by atoms with Gasteiger partial charge in [-0.05, 0) is 0 Å². The van der Waals surface area contributed by atoms with Crippen molar-refractivity contribution >= 4 is 19.3 Å². The largest absolute Gasteiger partial charge is 0.709 e. The predicted molar refractivity (Wildman–Crippen MR) is 28.3 cm³/mol. The maximum absolute atomic E-state index is 10.2. The molecule has 0 unspecified atom stereocenters. The molecule has 0 amide bonds. The molecular formula is C3H5BO6. The average Bonchev–Trinajstić information content (AvgIpc) is 1.85. The van der Waals surface area contributed by atoms with Crippen LogP contribution in [0.25, 0.3) is 0 Å². The lowest BCUT2D eigenvalue weighted by Crippen LogP contribution is -2.28. The van der Waals surface area contributed by atoms with E-state index in [0.717, 1.165) is 7.11 Å². The van der Waals surface area contributed by atoms with Crippen LogP contribution in [0.1, 0.15) is 0 Å². The van der Waals surface area contributed by atoms with Gasteiger partial charge in [-0.3, -0.25) is 0 Å². The van der Waals surface area contributed by atoms with Crippen molar-refractivity contribution in [3.8, 4) is 0 Å². The number of methoxy groups -OCH3 is 1. The van der Waals surface area contributed by atoms with Gasteiger partial charge in [-0.2, -0.15) is 0 Å². The Bertz CT molecular complexity index is 142. The van der Waals surface area contributed by atoms with Crippen LogP contribution in [0.15, 0.2) is 0 Å². The summed E-state index contributed by atoms with van der Waals surface area (Å²) in [7, 11) is -1.32. The lowest BCUT2D eigenvalue weighted by atomic mass is 10.3. The van der Waals surface area contributed by atoms with Gasteiger partial charge in [0.15, 0.2) is 0 Å². The van der Waals surface area contributed by atoms with Crippen LogP contribution in [0, 0.1) is 0 Å². The van der Waals surface area contributed by atoms with E-state index < -0.39 is 19.3 Å². The first-order valence-electron chi connectivity index (χ1n) is 2.23. The van der Waals surface area contributed by atoms with Gasteiger partial charge in [0.2, 0.25) is 0 Å². The molecule has 0 saturated heterocycles. The highest BCUT2D eigenvalue weighted by atomic mass is 16.7. The normalized spacial score (nSPS) is 8.30. The molecule has 0 aromatic heterocycles. The zero-order valence-electron chi connectivity index (χ0n) is 5.10. The topological polar surface area (TPSA) is 93.1 Å². The van der Waals surface area contributed by atoms with Gasteiger partial charge >= 0.3 is 19.3 Å². The van der Waals surface area contributed by atoms with Crippen LogP contribution >= 0.6 is 0 Å². The summed E-state index contributed by atoms with van der Waals surface area (Å²) in [6, 6.07) is 0. The highest BCUT2D eigenvalue weighted by Gasteiger charge is 2.22. The number of carbonyl (C=O) groups excluding carboxylic acids is 2. The second-order valence-corrected chi connectivity index (χ2v) is 1.22. The van der Waals surface area contributed by atoms with E-state index in [1.807, 2.05) is 0 Å². The minimum atomic E-state index is -2.29. The molecule has 0 spiro atoms. The molecule has 0 aromatic carbocycles. The summed E-state index contributed by atoms with van der Waals surface area (Å²) in [5, 5.41) is 15.9. The number of ether oxygens (including phenoxy) is 1. The van der Waals surface area contributed by atoms with Crippen LogP contribution in [-0.4, -0.2) is 36.4 Å². The van der Waals surface area contributed by atoms with Crippen LogP contribution in [0.3, 0.4) is 0 Å². The molecule has 0 aliphatic carbocycles. The fourth-order valence-electron chi connectivity index (χ4n) is 0.227. The fourth-order valence-corrected chi connectivity index (χ4v) is 0.227. The van der Waals surface area contributed by atoms with Gasteiger partial charge in [-0.1, -0.05) is 0 Å². The Balaban J connectivity index is 3.74. The van der Waals surface area contributed by atoms with Crippen molar-refractivity contribution in [2.75, 3.05) is 7.11 Å². The molecule has 0 aliphatic heterocycles. The number of hydrogen-bond donors (Lipinski definition) is 2. The van der Waals surface area contributed by atoms with Crippen molar-refractivity contribution in [2.24, 2.45) is 0 Å². The van der Waals surface area contributed by atoms with E-state index in [9.17, 15) is 9.59 Å². The van der Waals surface area contributed by atoms with E-state index in [4.69, 9.17) is 10.0 Å². The second-order valence-electron chi connectivity index (χ2n) is 1.22. The van der Waals surface area contributed by atoms with Crippen molar-refractivity contribution in [1.82, 2.24) is 0 Å². The minimum Gasteiger partial charge on any atom is -0.476 e. The molecule has 56 valence electrons. The summed E-state index contributed by atoms with van der Waals surface area (Å²) in [5.74, 6) is -2.73. The summed E-state index contributed by atoms with van der Waals surface area (Å²) in [5.41, 5.74) is 0. The van der Waals surface area contributed by atoms with Gasteiger partial charge in [0, 0.05) is 0 Å². The lowest BCUT2D eigenvalue weighted by molar-refractivity contribution is -0.161. The van der Waals surface area contributed by atoms with E-state index in [2.05, 4.69) is 9.39 Å². The van der Waals surface area contributed by atoms with Crippen LogP contribution in [0.5, 0.6) is 0 Å². The van der Waals surface area contributed by atoms with Crippen molar-refractivity contribution in [2.45, 2.75) is 0 Å². The highest BCUT2D eigenvalue weighted by molar-refractivity contribution is 6.43. The Kier molecular flexibility index (Phi) is 3.44. The molecule has 6 nitrogen and oxygen atoms in total. The Morgan fingerprint density at radius 1 is 1.30 bits per heavy atom. The molecular weight excluding hydrogens is 143 g/mol. The summed E-state index contributed by atoms with van der Waals surface area (Å²) >= 11 is 0. The lowest BCUT2D eigenvalue weighted by Gasteiger charge is -1.98. The Morgan fingerprint density at radius 2 is 1.80 bits per heavy atom. The molecule has 0 fully saturated rings. The first-order chi connectivity index (χ1) is 4.57. The SMILES string of the molecule is COC(=O)C(=O)OB(O)O. The Hall–Kier alpha value is -1.08. The summed E-state index contributed by atoms with van der Waals surface area (Å²) in [6.07, 6.45) is 0. The number of hydrogen-bond acceptors (Lipinski definition) is 6. The zero-order chi connectivity index (χ0) is 8.15. The number of rotatable bonds is 1. The van der Waals surface area contributed by atoms with Gasteiger partial charge in [0.05, 0.1) is 7.11 Å². The molecule has 0 heterocycles. The zero-order valence-corrected chi connectivity index (χ0v) is 5.10. The summed E-state index contributed by atoms with van der Waals surface area (Å²) in [4.78, 5) is 20.3. The molecule has 0 bridgehead atoms. The van der Waals surface area contributed by atoms with Gasteiger partial charge < -0.3 is 19.4 Å². The quantitative estimate of drug-likeness (QED) is 0.246. The van der Waals surface area contributed by atoms with E-state index in [0.29, 0.717) is 0 Å². The van der Waals surface area contributed by atoms with Crippen LogP contribution < -0.4 is 0 Å². The second kappa shape index (κ2) is 3.86.